The van der Waals surface area contributed by atoms with Crippen LogP contribution in [0.4, 0.5) is 11.4 Å². The zero-order valence-corrected chi connectivity index (χ0v) is 16.2. The number of nitrogens with one attached hydrogen (secondary N) is 3. The highest BCUT2D eigenvalue weighted by Crippen LogP contribution is 2.18. The van der Waals surface area contributed by atoms with Crippen molar-refractivity contribution in [3.63, 3.8) is 0 Å². The first-order chi connectivity index (χ1) is 14.0. The Kier molecular flexibility index (Phi) is 6.84. The molecule has 7 heteroatoms. The van der Waals surface area contributed by atoms with Crippen molar-refractivity contribution in [3.8, 4) is 0 Å². The molecule has 1 aliphatic rings. The Hall–Kier alpha value is -3.35. The summed E-state index contributed by atoms with van der Waals surface area (Å²) in [5.41, 5.74) is 7.33. The Balaban J connectivity index is 1.51. The van der Waals surface area contributed by atoms with Crippen molar-refractivity contribution in [2.75, 3.05) is 17.2 Å². The van der Waals surface area contributed by atoms with E-state index in [9.17, 15) is 14.4 Å². The van der Waals surface area contributed by atoms with Gasteiger partial charge in [0.1, 0.15) is 0 Å². The second-order valence-electron chi connectivity index (χ2n) is 7.20. The summed E-state index contributed by atoms with van der Waals surface area (Å²) in [6.45, 7) is -0.0196. The number of hydrogen-bond donors (Lipinski definition) is 4. The molecule has 3 amide bonds. The lowest BCUT2D eigenvalue weighted by Gasteiger charge is -2.22. The van der Waals surface area contributed by atoms with Crippen molar-refractivity contribution >= 4 is 29.1 Å². The van der Waals surface area contributed by atoms with Crippen LogP contribution in [0.3, 0.4) is 0 Å². The number of nitrogens with two attached hydrogens (primary N) is 1. The molecule has 7 nitrogen and oxygen atoms in total. The maximum atomic E-state index is 12.3. The number of rotatable bonds is 7. The van der Waals surface area contributed by atoms with Gasteiger partial charge in [-0.05, 0) is 49.2 Å². The van der Waals surface area contributed by atoms with Crippen LogP contribution in [0.25, 0.3) is 0 Å². The molecular weight excluding hydrogens is 368 g/mol. The van der Waals surface area contributed by atoms with Crippen LogP contribution in [0.5, 0.6) is 0 Å². The average molecular weight is 394 g/mol. The van der Waals surface area contributed by atoms with Gasteiger partial charge in [-0.25, -0.2) is 0 Å². The predicted molar refractivity (Wildman–Crippen MR) is 113 cm³/mol. The average Bonchev–Trinajstić information content (AvgIpc) is 2.73. The van der Waals surface area contributed by atoms with Crippen LogP contribution >= 0.6 is 0 Å². The molecule has 152 valence electrons. The smallest absolute Gasteiger partial charge is 0.251 e. The highest BCUT2D eigenvalue weighted by atomic mass is 16.2. The number of anilines is 2. The molecule has 2 aromatic rings. The maximum absolute atomic E-state index is 12.3. The molecule has 0 atom stereocenters. The highest BCUT2D eigenvalue weighted by Gasteiger charge is 2.16. The fourth-order valence-electron chi connectivity index (χ4n) is 3.45. The zero-order valence-electron chi connectivity index (χ0n) is 16.2. The van der Waals surface area contributed by atoms with Gasteiger partial charge < -0.3 is 21.7 Å². The maximum Gasteiger partial charge on any atom is 0.251 e. The molecule has 1 saturated carbocycles. The quantitative estimate of drug-likeness (QED) is 0.578. The first-order valence-corrected chi connectivity index (χ1v) is 9.86. The van der Waals surface area contributed by atoms with Gasteiger partial charge in [0.05, 0.1) is 12.1 Å². The minimum atomic E-state index is -0.560. The van der Waals surface area contributed by atoms with Gasteiger partial charge in [0, 0.05) is 23.0 Å². The molecule has 2 aromatic carbocycles. The highest BCUT2D eigenvalue weighted by molar-refractivity contribution is 6.00. The predicted octanol–water partition coefficient (Wildman–Crippen LogP) is 2.90. The Morgan fingerprint density at radius 1 is 0.931 bits per heavy atom. The Bertz CT molecular complexity index is 874. The van der Waals surface area contributed by atoms with Crippen LogP contribution in [0.15, 0.2) is 48.5 Å². The lowest BCUT2D eigenvalue weighted by molar-refractivity contribution is -0.114. The molecule has 0 radical (unpaired) electrons. The van der Waals surface area contributed by atoms with Crippen molar-refractivity contribution in [2.24, 2.45) is 5.73 Å². The lowest BCUT2D eigenvalue weighted by Crippen LogP contribution is -2.36. The lowest BCUT2D eigenvalue weighted by atomic mass is 9.95. The third-order valence-corrected chi connectivity index (χ3v) is 5.00. The van der Waals surface area contributed by atoms with E-state index in [0.717, 1.165) is 25.7 Å². The number of amides is 3. The molecule has 0 unspecified atom stereocenters. The molecule has 0 aromatic heterocycles. The van der Waals surface area contributed by atoms with Crippen LogP contribution in [0, 0.1) is 0 Å². The third kappa shape index (κ3) is 5.81. The van der Waals surface area contributed by atoms with Gasteiger partial charge in [0.2, 0.25) is 5.91 Å². The van der Waals surface area contributed by atoms with Crippen LogP contribution in [0.1, 0.15) is 52.8 Å². The van der Waals surface area contributed by atoms with E-state index in [-0.39, 0.29) is 24.4 Å². The SMILES string of the molecule is NC(=O)c1ccccc1NCC(=O)Nc1ccc(C(=O)NC2CCCCC2)cc1. The summed E-state index contributed by atoms with van der Waals surface area (Å²) < 4.78 is 0. The summed E-state index contributed by atoms with van der Waals surface area (Å²) in [7, 11) is 0. The fraction of sp³-hybridized carbons (Fsp3) is 0.318. The van der Waals surface area contributed by atoms with Crippen molar-refractivity contribution in [1.82, 2.24) is 5.32 Å². The molecule has 0 heterocycles. The standard InChI is InChI=1S/C22H26N4O3/c23-21(28)18-8-4-5-9-19(18)24-14-20(27)25-17-12-10-15(11-13-17)22(29)26-16-6-2-1-3-7-16/h4-5,8-13,16,24H,1-3,6-7,14H2,(H2,23,28)(H,25,27)(H,26,29). The summed E-state index contributed by atoms with van der Waals surface area (Å²) in [5, 5.41) is 8.75. The summed E-state index contributed by atoms with van der Waals surface area (Å²) in [6.07, 6.45) is 5.63. The fourth-order valence-corrected chi connectivity index (χ4v) is 3.45. The van der Waals surface area contributed by atoms with E-state index in [2.05, 4.69) is 16.0 Å². The first-order valence-electron chi connectivity index (χ1n) is 9.86. The summed E-state index contributed by atoms with van der Waals surface area (Å²) in [4.78, 5) is 35.9. The number of hydrogen-bond acceptors (Lipinski definition) is 4. The zero-order chi connectivity index (χ0) is 20.6. The van der Waals surface area contributed by atoms with Gasteiger partial charge in [0.15, 0.2) is 0 Å². The topological polar surface area (TPSA) is 113 Å². The Labute approximate surface area is 170 Å². The molecule has 1 aliphatic carbocycles. The van der Waals surface area contributed by atoms with Crippen LogP contribution < -0.4 is 21.7 Å². The molecule has 1 fully saturated rings. The molecule has 0 spiro atoms. The first kappa shape index (κ1) is 20.4. The van der Waals surface area contributed by atoms with Crippen molar-refractivity contribution in [1.29, 1.82) is 0 Å². The van der Waals surface area contributed by atoms with E-state index in [4.69, 9.17) is 5.73 Å². The van der Waals surface area contributed by atoms with Gasteiger partial charge >= 0.3 is 0 Å². The van der Waals surface area contributed by atoms with Crippen LogP contribution in [-0.4, -0.2) is 30.3 Å². The third-order valence-electron chi connectivity index (χ3n) is 5.00. The van der Waals surface area contributed by atoms with Crippen LogP contribution in [-0.2, 0) is 4.79 Å². The largest absolute Gasteiger partial charge is 0.376 e. The Morgan fingerprint density at radius 2 is 1.62 bits per heavy atom. The molecule has 5 N–H and O–H groups in total. The van der Waals surface area contributed by atoms with Gasteiger partial charge in [-0.3, -0.25) is 14.4 Å². The van der Waals surface area contributed by atoms with E-state index >= 15 is 0 Å². The van der Waals surface area contributed by atoms with Gasteiger partial charge in [0.25, 0.3) is 11.8 Å². The summed E-state index contributed by atoms with van der Waals surface area (Å²) >= 11 is 0. The molecule has 0 bridgehead atoms. The van der Waals surface area contributed by atoms with E-state index in [0.29, 0.717) is 22.5 Å². The summed E-state index contributed by atoms with van der Waals surface area (Å²) in [5.74, 6) is -0.918. The second-order valence-corrected chi connectivity index (χ2v) is 7.20. The number of carbonyl (C=O) groups is 3. The number of para-hydroxylation sites is 1. The summed E-state index contributed by atoms with van der Waals surface area (Å²) in [6, 6.07) is 13.8. The molecule has 3 rings (SSSR count). The Morgan fingerprint density at radius 3 is 2.31 bits per heavy atom. The molecular formula is C22H26N4O3. The minimum Gasteiger partial charge on any atom is -0.376 e. The van der Waals surface area contributed by atoms with E-state index in [1.165, 1.54) is 6.42 Å². The number of benzene rings is 2. The van der Waals surface area contributed by atoms with E-state index < -0.39 is 5.91 Å². The van der Waals surface area contributed by atoms with Gasteiger partial charge in [-0.2, -0.15) is 0 Å². The van der Waals surface area contributed by atoms with E-state index in [1.807, 2.05) is 0 Å². The van der Waals surface area contributed by atoms with Crippen molar-refractivity contribution in [3.05, 3.63) is 59.7 Å². The second kappa shape index (κ2) is 9.73. The minimum absolute atomic E-state index is 0.0196. The molecule has 0 saturated heterocycles. The monoisotopic (exact) mass is 394 g/mol. The van der Waals surface area contributed by atoms with Gasteiger partial charge in [-0.1, -0.05) is 31.4 Å². The molecule has 29 heavy (non-hydrogen) atoms. The van der Waals surface area contributed by atoms with Crippen molar-refractivity contribution in [2.45, 2.75) is 38.1 Å². The van der Waals surface area contributed by atoms with E-state index in [1.54, 1.807) is 48.5 Å². The normalized spacial score (nSPS) is 14.1. The number of carbonyl (C=O) groups excluding carboxylic acids is 3. The van der Waals surface area contributed by atoms with Crippen molar-refractivity contribution < 1.29 is 14.4 Å². The number of primary amides is 1. The van der Waals surface area contributed by atoms with Gasteiger partial charge in [-0.15, -0.1) is 0 Å². The van der Waals surface area contributed by atoms with Crippen LogP contribution in [0.2, 0.25) is 0 Å². The molecule has 0 aliphatic heterocycles.